The molecular weight excluding hydrogens is 224 g/mol. The van der Waals surface area contributed by atoms with E-state index in [4.69, 9.17) is 5.10 Å². The SMILES string of the molecule is CN(Cc1ccn(C2CCCC2)n1)C1CCNC1. The zero-order valence-corrected chi connectivity index (χ0v) is 11.3. The van der Waals surface area contributed by atoms with Gasteiger partial charge in [-0.25, -0.2) is 0 Å². The Balaban J connectivity index is 1.58. The van der Waals surface area contributed by atoms with Crippen LogP contribution in [-0.2, 0) is 6.54 Å². The van der Waals surface area contributed by atoms with Gasteiger partial charge in [0.1, 0.15) is 0 Å². The molecule has 1 atom stereocenters. The van der Waals surface area contributed by atoms with Gasteiger partial charge in [0.15, 0.2) is 0 Å². The first-order chi connectivity index (χ1) is 8.83. The summed E-state index contributed by atoms with van der Waals surface area (Å²) < 4.78 is 2.20. The molecule has 0 amide bonds. The van der Waals surface area contributed by atoms with Gasteiger partial charge in [-0.15, -0.1) is 0 Å². The van der Waals surface area contributed by atoms with Crippen molar-refractivity contribution in [2.45, 2.75) is 50.7 Å². The lowest BCUT2D eigenvalue weighted by Crippen LogP contribution is -2.33. The minimum absolute atomic E-state index is 0.664. The van der Waals surface area contributed by atoms with Crippen LogP contribution in [0.1, 0.15) is 43.8 Å². The number of hydrogen-bond acceptors (Lipinski definition) is 3. The number of hydrogen-bond donors (Lipinski definition) is 1. The highest BCUT2D eigenvalue weighted by molar-refractivity contribution is 5.01. The van der Waals surface area contributed by atoms with E-state index < -0.39 is 0 Å². The molecule has 1 aromatic heterocycles. The van der Waals surface area contributed by atoms with Crippen LogP contribution in [-0.4, -0.2) is 40.9 Å². The zero-order chi connectivity index (χ0) is 12.4. The van der Waals surface area contributed by atoms with Crippen molar-refractivity contribution in [1.82, 2.24) is 20.0 Å². The standard InChI is InChI=1S/C14H24N4/c1-17(14-6-8-15-10-14)11-12-7-9-18(16-12)13-4-2-3-5-13/h7,9,13-15H,2-6,8,10-11H2,1H3. The Morgan fingerprint density at radius 2 is 2.22 bits per heavy atom. The summed E-state index contributed by atoms with van der Waals surface area (Å²) in [6, 6.07) is 3.54. The summed E-state index contributed by atoms with van der Waals surface area (Å²) >= 11 is 0. The minimum atomic E-state index is 0.664. The molecule has 1 N–H and O–H groups in total. The van der Waals surface area contributed by atoms with Gasteiger partial charge in [0, 0.05) is 25.3 Å². The highest BCUT2D eigenvalue weighted by Gasteiger charge is 2.21. The summed E-state index contributed by atoms with van der Waals surface area (Å²) in [5, 5.41) is 8.18. The van der Waals surface area contributed by atoms with Gasteiger partial charge < -0.3 is 5.32 Å². The molecule has 2 heterocycles. The molecule has 2 aliphatic rings. The van der Waals surface area contributed by atoms with Gasteiger partial charge in [0.2, 0.25) is 0 Å². The average molecular weight is 248 g/mol. The highest BCUT2D eigenvalue weighted by Crippen LogP contribution is 2.28. The normalized spacial score (nSPS) is 25.3. The van der Waals surface area contributed by atoms with Crippen molar-refractivity contribution in [2.24, 2.45) is 0 Å². The maximum atomic E-state index is 4.76. The van der Waals surface area contributed by atoms with Crippen LogP contribution >= 0.6 is 0 Å². The van der Waals surface area contributed by atoms with Gasteiger partial charge >= 0.3 is 0 Å². The van der Waals surface area contributed by atoms with Gasteiger partial charge in [0.25, 0.3) is 0 Å². The topological polar surface area (TPSA) is 33.1 Å². The van der Waals surface area contributed by atoms with Crippen LogP contribution in [0, 0.1) is 0 Å². The molecule has 4 heteroatoms. The maximum Gasteiger partial charge on any atom is 0.0764 e. The molecule has 0 aromatic carbocycles. The molecule has 1 aliphatic carbocycles. The number of nitrogens with zero attached hydrogens (tertiary/aromatic N) is 3. The molecule has 1 saturated heterocycles. The summed E-state index contributed by atoms with van der Waals surface area (Å²) in [4.78, 5) is 2.43. The summed E-state index contributed by atoms with van der Waals surface area (Å²) in [5.74, 6) is 0. The van der Waals surface area contributed by atoms with E-state index in [-0.39, 0.29) is 0 Å². The van der Waals surface area contributed by atoms with Crippen LogP contribution in [0.2, 0.25) is 0 Å². The molecule has 4 nitrogen and oxygen atoms in total. The number of likely N-dealkylation sites (N-methyl/N-ethyl adjacent to an activating group) is 1. The molecule has 3 rings (SSSR count). The average Bonchev–Trinajstić information content (AvgIpc) is 3.12. The van der Waals surface area contributed by atoms with Crippen molar-refractivity contribution in [1.29, 1.82) is 0 Å². The summed E-state index contributed by atoms with van der Waals surface area (Å²) in [7, 11) is 2.21. The van der Waals surface area contributed by atoms with Crippen molar-refractivity contribution in [2.75, 3.05) is 20.1 Å². The molecule has 0 spiro atoms. The first-order valence-electron chi connectivity index (χ1n) is 7.28. The lowest BCUT2D eigenvalue weighted by molar-refractivity contribution is 0.244. The molecule has 18 heavy (non-hydrogen) atoms. The Hall–Kier alpha value is -0.870. The van der Waals surface area contributed by atoms with Crippen LogP contribution in [0.4, 0.5) is 0 Å². The van der Waals surface area contributed by atoms with Crippen LogP contribution < -0.4 is 5.32 Å². The second kappa shape index (κ2) is 5.41. The van der Waals surface area contributed by atoms with Crippen LogP contribution in [0.25, 0.3) is 0 Å². The molecule has 100 valence electrons. The van der Waals surface area contributed by atoms with Gasteiger partial charge in [-0.1, -0.05) is 12.8 Å². The monoisotopic (exact) mass is 248 g/mol. The lowest BCUT2D eigenvalue weighted by atomic mass is 10.2. The predicted octanol–water partition coefficient (Wildman–Crippen LogP) is 1.79. The molecular formula is C14H24N4. The summed E-state index contributed by atoms with van der Waals surface area (Å²) in [6.07, 6.45) is 8.79. The Kier molecular flexibility index (Phi) is 3.66. The molecule has 2 fully saturated rings. The first kappa shape index (κ1) is 12.2. The molecule has 0 bridgehead atoms. The van der Waals surface area contributed by atoms with Gasteiger partial charge in [-0.2, -0.15) is 5.10 Å². The van der Waals surface area contributed by atoms with Crippen LogP contribution in [0.15, 0.2) is 12.3 Å². The van der Waals surface area contributed by atoms with Gasteiger partial charge in [0.05, 0.1) is 11.7 Å². The molecule has 1 unspecified atom stereocenters. The van der Waals surface area contributed by atoms with E-state index in [0.29, 0.717) is 12.1 Å². The van der Waals surface area contributed by atoms with Crippen molar-refractivity contribution in [3.63, 3.8) is 0 Å². The second-order valence-electron chi connectivity index (χ2n) is 5.79. The summed E-state index contributed by atoms with van der Waals surface area (Å²) in [5.41, 5.74) is 1.22. The van der Waals surface area contributed by atoms with Gasteiger partial charge in [-0.3, -0.25) is 9.58 Å². The molecule has 1 aromatic rings. The third-order valence-corrected chi connectivity index (χ3v) is 4.43. The van der Waals surface area contributed by atoms with E-state index in [1.165, 1.54) is 37.8 Å². The minimum Gasteiger partial charge on any atom is -0.315 e. The Bertz CT molecular complexity index is 375. The van der Waals surface area contributed by atoms with E-state index in [1.807, 2.05) is 0 Å². The Labute approximate surface area is 109 Å². The third-order valence-electron chi connectivity index (χ3n) is 4.43. The molecule has 0 radical (unpaired) electrons. The fourth-order valence-electron chi connectivity index (χ4n) is 3.23. The molecule has 1 aliphatic heterocycles. The van der Waals surface area contributed by atoms with E-state index in [9.17, 15) is 0 Å². The first-order valence-corrected chi connectivity index (χ1v) is 7.28. The second-order valence-corrected chi connectivity index (χ2v) is 5.79. The smallest absolute Gasteiger partial charge is 0.0764 e. The predicted molar refractivity (Wildman–Crippen MR) is 72.5 cm³/mol. The molecule has 1 saturated carbocycles. The Morgan fingerprint density at radius 3 is 2.94 bits per heavy atom. The third kappa shape index (κ3) is 2.59. The maximum absolute atomic E-state index is 4.76. The van der Waals surface area contributed by atoms with Crippen LogP contribution in [0.5, 0.6) is 0 Å². The number of nitrogens with one attached hydrogen (secondary N) is 1. The fraction of sp³-hybridized carbons (Fsp3) is 0.786. The van der Waals surface area contributed by atoms with Crippen molar-refractivity contribution < 1.29 is 0 Å². The quantitative estimate of drug-likeness (QED) is 0.882. The number of rotatable bonds is 4. The van der Waals surface area contributed by atoms with E-state index in [1.54, 1.807) is 0 Å². The number of aromatic nitrogens is 2. The van der Waals surface area contributed by atoms with E-state index in [2.05, 4.69) is 34.2 Å². The van der Waals surface area contributed by atoms with Crippen molar-refractivity contribution in [3.8, 4) is 0 Å². The van der Waals surface area contributed by atoms with Crippen LogP contribution in [0.3, 0.4) is 0 Å². The zero-order valence-electron chi connectivity index (χ0n) is 11.3. The Morgan fingerprint density at radius 1 is 1.39 bits per heavy atom. The summed E-state index contributed by atoms with van der Waals surface area (Å²) in [6.45, 7) is 3.26. The highest BCUT2D eigenvalue weighted by atomic mass is 15.3. The van der Waals surface area contributed by atoms with Crippen molar-refractivity contribution in [3.05, 3.63) is 18.0 Å². The van der Waals surface area contributed by atoms with E-state index in [0.717, 1.165) is 19.6 Å². The lowest BCUT2D eigenvalue weighted by Gasteiger charge is -2.22. The van der Waals surface area contributed by atoms with E-state index >= 15 is 0 Å². The van der Waals surface area contributed by atoms with Gasteiger partial charge in [-0.05, 0) is 38.9 Å². The largest absolute Gasteiger partial charge is 0.315 e. The fourth-order valence-corrected chi connectivity index (χ4v) is 3.23. The van der Waals surface area contributed by atoms with Crippen molar-refractivity contribution >= 4 is 0 Å².